The summed E-state index contributed by atoms with van der Waals surface area (Å²) in [4.78, 5) is 24.9. The van der Waals surface area contributed by atoms with Gasteiger partial charge < -0.3 is 0 Å². The van der Waals surface area contributed by atoms with E-state index in [0.717, 1.165) is 6.07 Å². The number of fused-ring (bicyclic) bond motifs is 2. The molecule has 0 bridgehead atoms. The lowest BCUT2D eigenvalue weighted by Crippen LogP contribution is -2.47. The van der Waals surface area contributed by atoms with Crippen LogP contribution in [0.4, 0.5) is 11.4 Å². The molecule has 0 aliphatic rings. The van der Waals surface area contributed by atoms with E-state index < -0.39 is 36.5 Å². The van der Waals surface area contributed by atoms with Crippen molar-refractivity contribution in [2.45, 2.75) is 9.79 Å². The molecule has 0 heterocycles. The summed E-state index contributed by atoms with van der Waals surface area (Å²) in [5.74, 6) is 0. The van der Waals surface area contributed by atoms with Gasteiger partial charge in [0.2, 0.25) is 10.9 Å². The highest BCUT2D eigenvalue weighted by molar-refractivity contribution is 7.86. The summed E-state index contributed by atoms with van der Waals surface area (Å²) in [5.41, 5.74) is 4.40. The molecular weight excluding hydrogens is 560 g/mol. The molecule has 12 nitrogen and oxygen atoms in total. The number of rotatable bonds is 6. The van der Waals surface area contributed by atoms with Crippen molar-refractivity contribution < 1.29 is 25.9 Å². The quantitative estimate of drug-likeness (QED) is 0.171. The smallest absolute Gasteiger partial charge is 0.287 e. The van der Waals surface area contributed by atoms with Crippen molar-refractivity contribution in [3.8, 4) is 0 Å². The summed E-state index contributed by atoms with van der Waals surface area (Å²) in [5, 5.41) is 8.97. The predicted octanol–water partition coefficient (Wildman–Crippen LogP) is 1.94. The molecule has 0 atom stereocenters. The minimum absolute atomic E-state index is 0.172. The molecule has 0 aromatic heterocycles. The number of benzene rings is 5. The summed E-state index contributed by atoms with van der Waals surface area (Å²) in [6, 6.07) is 20.1. The van der Waals surface area contributed by atoms with Crippen LogP contribution in [0, 0.1) is 0 Å². The summed E-state index contributed by atoms with van der Waals surface area (Å²) >= 11 is 0. The highest BCUT2D eigenvalue weighted by Crippen LogP contribution is 2.29. The van der Waals surface area contributed by atoms with E-state index in [2.05, 4.69) is 21.1 Å². The molecule has 5 aromatic carbocycles. The fourth-order valence-corrected chi connectivity index (χ4v) is 5.28. The van der Waals surface area contributed by atoms with E-state index in [1.807, 2.05) is 0 Å². The normalized spacial score (nSPS) is 13.2. The number of anilines is 2. The summed E-state index contributed by atoms with van der Waals surface area (Å²) in [6.07, 6.45) is 0. The molecule has 0 saturated heterocycles. The van der Waals surface area contributed by atoms with Crippen molar-refractivity contribution in [2.24, 2.45) is 10.2 Å². The van der Waals surface area contributed by atoms with Crippen molar-refractivity contribution in [1.29, 1.82) is 0 Å². The Morgan fingerprint density at radius 1 is 0.625 bits per heavy atom. The first kappa shape index (κ1) is 26.8. The average molecular weight is 579 g/mol. The van der Waals surface area contributed by atoms with Crippen LogP contribution in [-0.2, 0) is 20.2 Å². The van der Waals surface area contributed by atoms with Gasteiger partial charge in [-0.05, 0) is 47.9 Å². The zero-order chi connectivity index (χ0) is 28.7. The first-order chi connectivity index (χ1) is 18.9. The Bertz CT molecular complexity index is 2280. The molecule has 0 radical (unpaired) electrons. The third kappa shape index (κ3) is 5.23. The van der Waals surface area contributed by atoms with Crippen molar-refractivity contribution in [1.82, 2.24) is 0 Å². The van der Waals surface area contributed by atoms with E-state index in [1.54, 1.807) is 36.4 Å². The monoisotopic (exact) mass is 578 g/mol. The Hall–Kier alpha value is -4.76. The van der Waals surface area contributed by atoms with Gasteiger partial charge in [0.1, 0.15) is 10.3 Å². The largest absolute Gasteiger partial charge is 0.295 e. The maximum Gasteiger partial charge on any atom is 0.295 e. The van der Waals surface area contributed by atoms with E-state index in [0.29, 0.717) is 21.8 Å². The number of hydrogen-bond donors (Lipinski definition) is 4. The lowest BCUT2D eigenvalue weighted by molar-refractivity contribution is 0.481. The molecule has 40 heavy (non-hydrogen) atoms. The average Bonchev–Trinajstić information content (AvgIpc) is 2.91. The highest BCUT2D eigenvalue weighted by Gasteiger charge is 2.16. The molecule has 4 N–H and O–H groups in total. The number of hydrogen-bond acceptors (Lipinski definition) is 10. The fourth-order valence-electron chi connectivity index (χ4n) is 4.08. The van der Waals surface area contributed by atoms with Gasteiger partial charge in [0, 0.05) is 16.2 Å². The van der Waals surface area contributed by atoms with Gasteiger partial charge >= 0.3 is 0 Å². The lowest BCUT2D eigenvalue weighted by Gasteiger charge is -2.08. The number of nitrogens with one attached hydrogen (secondary N) is 2. The third-order valence-corrected chi connectivity index (χ3v) is 7.73. The Kier molecular flexibility index (Phi) is 6.77. The van der Waals surface area contributed by atoms with Crippen LogP contribution in [0.5, 0.6) is 0 Å². The van der Waals surface area contributed by atoms with Gasteiger partial charge in [-0.25, -0.2) is 0 Å². The van der Waals surface area contributed by atoms with Crippen LogP contribution in [0.2, 0.25) is 0 Å². The molecular formula is C26H18N4O8S2. The molecule has 0 fully saturated rings. The molecule has 202 valence electrons. The van der Waals surface area contributed by atoms with E-state index in [9.17, 15) is 35.5 Å². The van der Waals surface area contributed by atoms with E-state index >= 15 is 0 Å². The second-order valence-corrected chi connectivity index (χ2v) is 11.3. The zero-order valence-electron chi connectivity index (χ0n) is 20.1. The van der Waals surface area contributed by atoms with E-state index in [4.69, 9.17) is 0 Å². The maximum atomic E-state index is 13.0. The predicted molar refractivity (Wildman–Crippen MR) is 147 cm³/mol. The minimum atomic E-state index is -4.51. The maximum absolute atomic E-state index is 13.0. The molecule has 0 amide bonds. The standard InChI is InChI=1S/C26H18N4O8S2/c31-23-12-10-22(29-27-20-7-3-4-15-8-9-16(14-19(15)20)39(33,34)35)26(32)25(23)30-28-21-11-13-24(40(36,37)38)18-6-2-1-5-17(18)21/h1-14,27-28H,(H,33,34,35)(H,36,37,38). The molecule has 0 aliphatic heterocycles. The van der Waals surface area contributed by atoms with Crippen molar-refractivity contribution in [3.05, 3.63) is 116 Å². The second kappa shape index (κ2) is 10.1. The van der Waals surface area contributed by atoms with Crippen LogP contribution in [0.3, 0.4) is 0 Å². The van der Waals surface area contributed by atoms with Crippen LogP contribution in [0.15, 0.2) is 115 Å². The van der Waals surface area contributed by atoms with Gasteiger partial charge in [-0.1, -0.05) is 42.5 Å². The minimum Gasteiger partial charge on any atom is -0.287 e. The van der Waals surface area contributed by atoms with Gasteiger partial charge in [0.15, 0.2) is 5.36 Å². The highest BCUT2D eigenvalue weighted by atomic mass is 32.2. The summed E-state index contributed by atoms with van der Waals surface area (Å²) in [6.45, 7) is 0. The van der Waals surface area contributed by atoms with Crippen LogP contribution in [-0.4, -0.2) is 25.9 Å². The lowest BCUT2D eigenvalue weighted by atomic mass is 10.1. The van der Waals surface area contributed by atoms with E-state index in [-0.39, 0.29) is 26.2 Å². The van der Waals surface area contributed by atoms with Gasteiger partial charge in [0.25, 0.3) is 20.2 Å². The van der Waals surface area contributed by atoms with Crippen LogP contribution >= 0.6 is 0 Å². The second-order valence-electron chi connectivity index (χ2n) is 8.50. The molecule has 5 aromatic rings. The first-order valence-corrected chi connectivity index (χ1v) is 14.3. The molecule has 0 saturated carbocycles. The summed E-state index contributed by atoms with van der Waals surface area (Å²) < 4.78 is 65.5. The van der Waals surface area contributed by atoms with E-state index in [1.165, 1.54) is 42.5 Å². The van der Waals surface area contributed by atoms with Crippen molar-refractivity contribution in [3.63, 3.8) is 0 Å². The van der Waals surface area contributed by atoms with Crippen molar-refractivity contribution >= 4 is 53.2 Å². The number of nitrogens with zero attached hydrogens (tertiary/aromatic N) is 2. The Morgan fingerprint density at radius 3 is 2.05 bits per heavy atom. The molecule has 0 spiro atoms. The van der Waals surface area contributed by atoms with Crippen LogP contribution in [0.1, 0.15) is 0 Å². The topological polar surface area (TPSA) is 192 Å². The molecule has 14 heteroatoms. The Morgan fingerprint density at radius 2 is 1.32 bits per heavy atom. The Labute approximate surface area is 225 Å². The first-order valence-electron chi connectivity index (χ1n) is 11.4. The zero-order valence-corrected chi connectivity index (χ0v) is 21.8. The van der Waals surface area contributed by atoms with Crippen molar-refractivity contribution in [2.75, 3.05) is 10.9 Å². The molecule has 0 unspecified atom stereocenters. The SMILES string of the molecule is O=c1ccc(=NNc2cccc3ccc(S(=O)(=O)O)cc23)c(=O)c1=NNc1ccc(S(=O)(=O)O)c2ccccc12. The van der Waals surface area contributed by atoms with Crippen LogP contribution in [0.25, 0.3) is 21.5 Å². The van der Waals surface area contributed by atoms with Gasteiger partial charge in [-0.15, -0.1) is 0 Å². The Balaban J connectivity index is 1.56. The molecule has 5 rings (SSSR count). The van der Waals surface area contributed by atoms with Crippen LogP contribution < -0.4 is 32.4 Å². The third-order valence-electron chi connectivity index (χ3n) is 5.97. The summed E-state index contributed by atoms with van der Waals surface area (Å²) in [7, 11) is -8.96. The van der Waals surface area contributed by atoms with Gasteiger partial charge in [0.05, 0.1) is 16.3 Å². The fraction of sp³-hybridized carbons (Fsp3) is 0. The van der Waals surface area contributed by atoms with Gasteiger partial charge in [-0.3, -0.25) is 29.5 Å². The molecule has 0 aliphatic carbocycles. The van der Waals surface area contributed by atoms with Gasteiger partial charge in [-0.2, -0.15) is 27.0 Å².